The zero-order valence-corrected chi connectivity index (χ0v) is 15.1. The van der Waals surface area contributed by atoms with Crippen molar-refractivity contribution < 1.29 is 9.47 Å². The van der Waals surface area contributed by atoms with Crippen LogP contribution >= 0.6 is 11.3 Å². The molecule has 5 nitrogen and oxygen atoms in total. The SMILES string of the molecule is Cc1ccc(OCc2nc(CNC[C@H]3CN(C)CCO3)cs2)cc1. The number of rotatable bonds is 7. The molecular formula is C18H25N3O2S. The van der Waals surface area contributed by atoms with E-state index in [1.807, 2.05) is 12.1 Å². The monoisotopic (exact) mass is 347 g/mol. The van der Waals surface area contributed by atoms with Crippen LogP contribution in [0, 0.1) is 6.92 Å². The van der Waals surface area contributed by atoms with Crippen LogP contribution in [0.5, 0.6) is 5.75 Å². The van der Waals surface area contributed by atoms with Crippen molar-refractivity contribution in [1.29, 1.82) is 0 Å². The lowest BCUT2D eigenvalue weighted by molar-refractivity contribution is -0.0182. The van der Waals surface area contributed by atoms with Gasteiger partial charge in [0.1, 0.15) is 17.4 Å². The Balaban J connectivity index is 1.39. The minimum absolute atomic E-state index is 0.270. The standard InChI is InChI=1S/C18H25N3O2S/c1-14-3-5-16(6-4-14)23-12-18-20-15(13-24-18)9-19-10-17-11-21(2)7-8-22-17/h3-6,13,17,19H,7-12H2,1-2H3/t17-/m0/s1. The molecule has 1 aliphatic rings. The van der Waals surface area contributed by atoms with Crippen LogP contribution in [-0.2, 0) is 17.9 Å². The fourth-order valence-corrected chi connectivity index (χ4v) is 3.33. The first kappa shape index (κ1) is 17.4. The van der Waals surface area contributed by atoms with Crippen LogP contribution in [-0.4, -0.2) is 49.3 Å². The van der Waals surface area contributed by atoms with E-state index in [4.69, 9.17) is 9.47 Å². The molecule has 0 bridgehead atoms. The van der Waals surface area contributed by atoms with Gasteiger partial charge in [0.25, 0.3) is 0 Å². The lowest BCUT2D eigenvalue weighted by Gasteiger charge is -2.30. The lowest BCUT2D eigenvalue weighted by Crippen LogP contribution is -2.44. The normalized spacial score (nSPS) is 18.7. The Labute approximate surface area is 147 Å². The summed E-state index contributed by atoms with van der Waals surface area (Å²) in [7, 11) is 2.14. The van der Waals surface area contributed by atoms with Crippen LogP contribution in [0.15, 0.2) is 29.6 Å². The molecule has 0 aliphatic carbocycles. The van der Waals surface area contributed by atoms with Gasteiger partial charge >= 0.3 is 0 Å². The zero-order valence-electron chi connectivity index (χ0n) is 14.3. The van der Waals surface area contributed by atoms with Crippen molar-refractivity contribution in [3.05, 3.63) is 45.9 Å². The van der Waals surface area contributed by atoms with E-state index in [2.05, 4.69) is 46.7 Å². The molecule has 3 rings (SSSR count). The first-order valence-corrected chi connectivity index (χ1v) is 9.20. The predicted molar refractivity (Wildman–Crippen MR) is 96.6 cm³/mol. The molecule has 2 heterocycles. The first-order chi connectivity index (χ1) is 11.7. The van der Waals surface area contributed by atoms with E-state index in [0.29, 0.717) is 6.61 Å². The van der Waals surface area contributed by atoms with Crippen molar-refractivity contribution in [2.24, 2.45) is 0 Å². The van der Waals surface area contributed by atoms with E-state index in [-0.39, 0.29) is 6.10 Å². The van der Waals surface area contributed by atoms with E-state index < -0.39 is 0 Å². The van der Waals surface area contributed by atoms with Crippen molar-refractivity contribution in [2.45, 2.75) is 26.2 Å². The summed E-state index contributed by atoms with van der Waals surface area (Å²) in [4.78, 5) is 6.93. The fourth-order valence-electron chi connectivity index (χ4n) is 2.63. The van der Waals surface area contributed by atoms with Crippen molar-refractivity contribution in [1.82, 2.24) is 15.2 Å². The molecule has 1 atom stereocenters. The van der Waals surface area contributed by atoms with Crippen molar-refractivity contribution in [2.75, 3.05) is 33.3 Å². The number of ether oxygens (including phenoxy) is 2. The second-order valence-electron chi connectivity index (χ2n) is 6.22. The third-order valence-corrected chi connectivity index (χ3v) is 4.87. The molecule has 6 heteroatoms. The van der Waals surface area contributed by atoms with Crippen molar-refractivity contribution in [3.63, 3.8) is 0 Å². The summed E-state index contributed by atoms with van der Waals surface area (Å²) in [6, 6.07) is 8.09. The highest BCUT2D eigenvalue weighted by atomic mass is 32.1. The molecule has 0 saturated carbocycles. The molecule has 1 aliphatic heterocycles. The Hall–Kier alpha value is -1.47. The molecule has 1 aromatic carbocycles. The molecule has 2 aromatic rings. The summed E-state index contributed by atoms with van der Waals surface area (Å²) >= 11 is 1.64. The van der Waals surface area contributed by atoms with Gasteiger partial charge < -0.3 is 19.7 Å². The smallest absolute Gasteiger partial charge is 0.140 e. The van der Waals surface area contributed by atoms with Gasteiger partial charge in [-0.2, -0.15) is 0 Å². The molecule has 1 aromatic heterocycles. The maximum atomic E-state index is 5.77. The van der Waals surface area contributed by atoms with Crippen LogP contribution in [0.1, 0.15) is 16.3 Å². The van der Waals surface area contributed by atoms with Gasteiger partial charge in [0.2, 0.25) is 0 Å². The van der Waals surface area contributed by atoms with Gasteiger partial charge in [-0.25, -0.2) is 4.98 Å². The number of thiazole rings is 1. The molecule has 0 amide bonds. The quantitative estimate of drug-likeness (QED) is 0.834. The van der Waals surface area contributed by atoms with Crippen molar-refractivity contribution in [3.8, 4) is 5.75 Å². The van der Waals surface area contributed by atoms with Gasteiger partial charge in [-0.3, -0.25) is 0 Å². The van der Waals surface area contributed by atoms with Crippen LogP contribution in [0.2, 0.25) is 0 Å². The molecule has 1 fully saturated rings. The Morgan fingerprint density at radius 2 is 2.21 bits per heavy atom. The Morgan fingerprint density at radius 1 is 1.38 bits per heavy atom. The van der Waals surface area contributed by atoms with Crippen LogP contribution in [0.25, 0.3) is 0 Å². The van der Waals surface area contributed by atoms with Crippen LogP contribution in [0.4, 0.5) is 0 Å². The number of morpholine rings is 1. The third-order valence-electron chi connectivity index (χ3n) is 4.00. The highest BCUT2D eigenvalue weighted by Crippen LogP contribution is 2.16. The number of nitrogens with zero attached hydrogens (tertiary/aromatic N) is 2. The highest BCUT2D eigenvalue weighted by molar-refractivity contribution is 7.09. The summed E-state index contributed by atoms with van der Waals surface area (Å²) in [6.45, 7) is 7.04. The maximum Gasteiger partial charge on any atom is 0.140 e. The summed E-state index contributed by atoms with van der Waals surface area (Å²) in [6.07, 6.45) is 0.270. The van der Waals surface area contributed by atoms with E-state index >= 15 is 0 Å². The van der Waals surface area contributed by atoms with Crippen molar-refractivity contribution >= 4 is 11.3 Å². The number of hydrogen-bond donors (Lipinski definition) is 1. The van der Waals surface area contributed by atoms with Crippen LogP contribution in [0.3, 0.4) is 0 Å². The summed E-state index contributed by atoms with van der Waals surface area (Å²) in [5.74, 6) is 0.883. The Bertz CT molecular complexity index is 629. The van der Waals surface area contributed by atoms with E-state index in [9.17, 15) is 0 Å². The van der Waals surface area contributed by atoms with Gasteiger partial charge in [0.05, 0.1) is 18.4 Å². The second kappa shape index (κ2) is 8.58. The number of nitrogens with one attached hydrogen (secondary N) is 1. The average molecular weight is 347 g/mol. The van der Waals surface area contributed by atoms with Gasteiger partial charge in [-0.15, -0.1) is 11.3 Å². The molecule has 130 valence electrons. The van der Waals surface area contributed by atoms with E-state index in [1.165, 1.54) is 5.56 Å². The molecule has 24 heavy (non-hydrogen) atoms. The summed E-state index contributed by atoms with van der Waals surface area (Å²) < 4.78 is 11.5. The molecule has 0 spiro atoms. The van der Waals surface area contributed by atoms with Gasteiger partial charge in [0.15, 0.2) is 0 Å². The molecule has 0 radical (unpaired) electrons. The van der Waals surface area contributed by atoms with Gasteiger partial charge in [-0.1, -0.05) is 17.7 Å². The number of hydrogen-bond acceptors (Lipinski definition) is 6. The van der Waals surface area contributed by atoms with Gasteiger partial charge in [-0.05, 0) is 26.1 Å². The number of benzene rings is 1. The molecule has 1 saturated heterocycles. The third kappa shape index (κ3) is 5.27. The molecule has 1 N–H and O–H groups in total. The maximum absolute atomic E-state index is 5.77. The van der Waals surface area contributed by atoms with Crippen LogP contribution < -0.4 is 10.1 Å². The Kier molecular flexibility index (Phi) is 6.20. The first-order valence-electron chi connectivity index (χ1n) is 8.32. The lowest BCUT2D eigenvalue weighted by atomic mass is 10.2. The minimum Gasteiger partial charge on any atom is -0.486 e. The van der Waals surface area contributed by atoms with E-state index in [1.54, 1.807) is 11.3 Å². The molecule has 0 unspecified atom stereocenters. The number of likely N-dealkylation sites (N-methyl/N-ethyl adjacent to an activating group) is 1. The molecular weight excluding hydrogens is 322 g/mol. The number of aryl methyl sites for hydroxylation is 1. The highest BCUT2D eigenvalue weighted by Gasteiger charge is 2.17. The average Bonchev–Trinajstić information content (AvgIpc) is 3.02. The number of aromatic nitrogens is 1. The Morgan fingerprint density at radius 3 is 3.00 bits per heavy atom. The fraction of sp³-hybridized carbons (Fsp3) is 0.500. The summed E-state index contributed by atoms with van der Waals surface area (Å²) in [5, 5.41) is 6.53. The van der Waals surface area contributed by atoms with Gasteiger partial charge in [0, 0.05) is 31.6 Å². The zero-order chi connectivity index (χ0) is 16.8. The minimum atomic E-state index is 0.270. The largest absolute Gasteiger partial charge is 0.486 e. The predicted octanol–water partition coefficient (Wildman–Crippen LogP) is 2.45. The van der Waals surface area contributed by atoms with E-state index in [0.717, 1.165) is 49.2 Å². The summed E-state index contributed by atoms with van der Waals surface area (Å²) in [5.41, 5.74) is 2.30. The second-order valence-corrected chi connectivity index (χ2v) is 7.16. The topological polar surface area (TPSA) is 46.6 Å².